The molecule has 3 heteroatoms. The summed E-state index contributed by atoms with van der Waals surface area (Å²) in [6.07, 6.45) is 4.57. The highest BCUT2D eigenvalue weighted by atomic mass is 19.1. The fourth-order valence-electron chi connectivity index (χ4n) is 2.61. The lowest BCUT2D eigenvalue weighted by atomic mass is 9.87. The van der Waals surface area contributed by atoms with Gasteiger partial charge in [0.1, 0.15) is 5.82 Å². The molecule has 0 bridgehead atoms. The second kappa shape index (κ2) is 6.30. The van der Waals surface area contributed by atoms with Crippen molar-refractivity contribution in [1.82, 2.24) is 5.32 Å². The van der Waals surface area contributed by atoms with E-state index < -0.39 is 0 Å². The number of hydrogen-bond donors (Lipinski definition) is 2. The number of aryl methyl sites for hydroxylation is 1. The summed E-state index contributed by atoms with van der Waals surface area (Å²) in [5.74, 6) is -0.156. The third-order valence-corrected chi connectivity index (χ3v) is 3.76. The Hall–Kier alpha value is -0.930. The van der Waals surface area contributed by atoms with Crippen LogP contribution in [-0.2, 0) is 6.42 Å². The zero-order valence-corrected chi connectivity index (χ0v) is 11.0. The quantitative estimate of drug-likeness (QED) is 0.843. The van der Waals surface area contributed by atoms with E-state index in [1.54, 1.807) is 12.1 Å². The van der Waals surface area contributed by atoms with Crippen LogP contribution < -0.4 is 5.32 Å². The van der Waals surface area contributed by atoms with E-state index >= 15 is 0 Å². The first-order valence-electron chi connectivity index (χ1n) is 6.90. The summed E-state index contributed by atoms with van der Waals surface area (Å²) in [4.78, 5) is 0. The zero-order valence-electron chi connectivity index (χ0n) is 11.0. The molecule has 2 N–H and O–H groups in total. The average molecular weight is 251 g/mol. The third-order valence-electron chi connectivity index (χ3n) is 3.76. The zero-order chi connectivity index (χ0) is 13.0. The minimum Gasteiger partial charge on any atom is -0.393 e. The van der Waals surface area contributed by atoms with E-state index in [0.717, 1.165) is 44.2 Å². The largest absolute Gasteiger partial charge is 0.393 e. The van der Waals surface area contributed by atoms with Gasteiger partial charge in [-0.25, -0.2) is 4.39 Å². The Morgan fingerprint density at radius 2 is 2.33 bits per heavy atom. The molecular formula is C15H22FNO. The van der Waals surface area contributed by atoms with Crippen molar-refractivity contribution in [2.45, 2.75) is 51.2 Å². The van der Waals surface area contributed by atoms with Gasteiger partial charge in [0, 0.05) is 6.04 Å². The second-order valence-electron chi connectivity index (χ2n) is 5.09. The smallest absolute Gasteiger partial charge is 0.123 e. The van der Waals surface area contributed by atoms with E-state index in [0.29, 0.717) is 0 Å². The highest BCUT2D eigenvalue weighted by Gasteiger charge is 2.20. The molecule has 2 rings (SSSR count). The molecule has 1 aromatic carbocycles. The normalized spacial score (nSPS) is 20.5. The van der Waals surface area contributed by atoms with Crippen molar-refractivity contribution in [1.29, 1.82) is 0 Å². The Morgan fingerprint density at radius 3 is 3.11 bits per heavy atom. The van der Waals surface area contributed by atoms with Gasteiger partial charge in [0.15, 0.2) is 0 Å². The second-order valence-corrected chi connectivity index (χ2v) is 5.09. The molecule has 2 atom stereocenters. The van der Waals surface area contributed by atoms with Gasteiger partial charge in [0.25, 0.3) is 0 Å². The van der Waals surface area contributed by atoms with Crippen molar-refractivity contribution in [2.75, 3.05) is 6.54 Å². The Morgan fingerprint density at radius 1 is 1.50 bits per heavy atom. The molecule has 1 aromatic rings. The standard InChI is InChI=1S/C15H22FNO/c1-2-13(18)8-9-17-15-5-3-4-11-6-7-12(16)10-14(11)15/h6-7,10,13,15,17-18H,2-5,8-9H2,1H3. The van der Waals surface area contributed by atoms with Crippen molar-refractivity contribution in [2.24, 2.45) is 0 Å². The molecule has 0 radical (unpaired) electrons. The summed E-state index contributed by atoms with van der Waals surface area (Å²) in [6, 6.07) is 5.35. The van der Waals surface area contributed by atoms with Gasteiger partial charge in [0.2, 0.25) is 0 Å². The Kier molecular flexibility index (Phi) is 4.72. The molecule has 0 heterocycles. The number of fused-ring (bicyclic) bond motifs is 1. The van der Waals surface area contributed by atoms with Crippen LogP contribution in [0.5, 0.6) is 0 Å². The van der Waals surface area contributed by atoms with Crippen LogP contribution in [0.25, 0.3) is 0 Å². The lowest BCUT2D eigenvalue weighted by Crippen LogP contribution is -2.28. The molecule has 0 saturated carbocycles. The first kappa shape index (κ1) is 13.5. The molecule has 0 aromatic heterocycles. The maximum absolute atomic E-state index is 13.3. The van der Waals surface area contributed by atoms with Crippen LogP contribution in [0.2, 0.25) is 0 Å². The van der Waals surface area contributed by atoms with Gasteiger partial charge < -0.3 is 10.4 Å². The van der Waals surface area contributed by atoms with Gasteiger partial charge in [-0.1, -0.05) is 13.0 Å². The van der Waals surface area contributed by atoms with Crippen molar-refractivity contribution in [3.05, 3.63) is 35.1 Å². The van der Waals surface area contributed by atoms with Crippen molar-refractivity contribution in [3.8, 4) is 0 Å². The Bertz CT molecular complexity index is 394. The molecule has 2 nitrogen and oxygen atoms in total. The molecule has 0 aliphatic heterocycles. The van der Waals surface area contributed by atoms with Crippen LogP contribution >= 0.6 is 0 Å². The summed E-state index contributed by atoms with van der Waals surface area (Å²) in [7, 11) is 0. The molecule has 0 saturated heterocycles. The summed E-state index contributed by atoms with van der Waals surface area (Å²) in [5.41, 5.74) is 2.36. The van der Waals surface area contributed by atoms with Crippen molar-refractivity contribution >= 4 is 0 Å². The number of halogens is 1. The maximum Gasteiger partial charge on any atom is 0.123 e. The fraction of sp³-hybridized carbons (Fsp3) is 0.600. The van der Waals surface area contributed by atoms with Crippen LogP contribution in [0.3, 0.4) is 0 Å². The van der Waals surface area contributed by atoms with Gasteiger partial charge >= 0.3 is 0 Å². The van der Waals surface area contributed by atoms with Crippen LogP contribution in [0.1, 0.15) is 49.8 Å². The number of rotatable bonds is 5. The Balaban J connectivity index is 1.97. The van der Waals surface area contributed by atoms with E-state index in [2.05, 4.69) is 5.32 Å². The fourth-order valence-corrected chi connectivity index (χ4v) is 2.61. The van der Waals surface area contributed by atoms with Crippen molar-refractivity contribution < 1.29 is 9.50 Å². The maximum atomic E-state index is 13.3. The number of aliphatic hydroxyl groups excluding tert-OH is 1. The summed E-state index contributed by atoms with van der Waals surface area (Å²) < 4.78 is 13.3. The lowest BCUT2D eigenvalue weighted by molar-refractivity contribution is 0.158. The van der Waals surface area contributed by atoms with Crippen LogP contribution in [-0.4, -0.2) is 17.8 Å². The van der Waals surface area contributed by atoms with Gasteiger partial charge in [-0.3, -0.25) is 0 Å². The topological polar surface area (TPSA) is 32.3 Å². The minimum atomic E-state index is -0.229. The summed E-state index contributed by atoms with van der Waals surface area (Å²) >= 11 is 0. The Labute approximate surface area is 108 Å². The van der Waals surface area contributed by atoms with E-state index in [9.17, 15) is 9.50 Å². The minimum absolute atomic E-state index is 0.156. The molecule has 0 amide bonds. The van der Waals surface area contributed by atoms with Crippen LogP contribution in [0, 0.1) is 5.82 Å². The van der Waals surface area contributed by atoms with Gasteiger partial charge in [-0.15, -0.1) is 0 Å². The lowest BCUT2D eigenvalue weighted by Gasteiger charge is -2.27. The molecule has 18 heavy (non-hydrogen) atoms. The predicted octanol–water partition coefficient (Wildman–Crippen LogP) is 2.95. The molecular weight excluding hydrogens is 229 g/mol. The van der Waals surface area contributed by atoms with Gasteiger partial charge in [-0.05, 0) is 61.9 Å². The first-order chi connectivity index (χ1) is 8.70. The average Bonchev–Trinajstić information content (AvgIpc) is 2.39. The molecule has 1 aliphatic rings. The highest BCUT2D eigenvalue weighted by molar-refractivity contribution is 5.32. The predicted molar refractivity (Wildman–Crippen MR) is 71.0 cm³/mol. The third kappa shape index (κ3) is 3.30. The van der Waals surface area contributed by atoms with Gasteiger partial charge in [-0.2, -0.15) is 0 Å². The van der Waals surface area contributed by atoms with Crippen LogP contribution in [0.15, 0.2) is 18.2 Å². The van der Waals surface area contributed by atoms with E-state index in [-0.39, 0.29) is 18.0 Å². The number of aliphatic hydroxyl groups is 1. The SMILES string of the molecule is CCC(O)CCNC1CCCc2ccc(F)cc21. The van der Waals surface area contributed by atoms with Crippen molar-refractivity contribution in [3.63, 3.8) is 0 Å². The molecule has 100 valence electrons. The molecule has 0 fully saturated rings. The van der Waals surface area contributed by atoms with Crippen LogP contribution in [0.4, 0.5) is 4.39 Å². The molecule has 1 aliphatic carbocycles. The molecule has 2 unspecified atom stereocenters. The first-order valence-corrected chi connectivity index (χ1v) is 6.90. The summed E-state index contributed by atoms with van der Waals surface area (Å²) in [5, 5.41) is 13.0. The number of hydrogen-bond acceptors (Lipinski definition) is 2. The molecule has 0 spiro atoms. The van der Waals surface area contributed by atoms with E-state index in [4.69, 9.17) is 0 Å². The van der Waals surface area contributed by atoms with E-state index in [1.807, 2.05) is 13.0 Å². The van der Waals surface area contributed by atoms with Gasteiger partial charge in [0.05, 0.1) is 6.10 Å². The summed E-state index contributed by atoms with van der Waals surface area (Å²) in [6.45, 7) is 2.77. The number of benzene rings is 1. The number of nitrogens with one attached hydrogen (secondary N) is 1. The van der Waals surface area contributed by atoms with E-state index in [1.165, 1.54) is 5.56 Å². The highest BCUT2D eigenvalue weighted by Crippen LogP contribution is 2.30. The monoisotopic (exact) mass is 251 g/mol.